The van der Waals surface area contributed by atoms with E-state index < -0.39 is 0 Å². The Bertz CT molecular complexity index is 679. The maximum atomic E-state index is 5.03. The number of fused-ring (bicyclic) bond motifs is 1. The minimum atomic E-state index is 0.435. The lowest BCUT2D eigenvalue weighted by molar-refractivity contribution is 0.162. The second kappa shape index (κ2) is 6.21. The summed E-state index contributed by atoms with van der Waals surface area (Å²) in [5.41, 5.74) is 2.12. The smallest absolute Gasteiger partial charge is 0.160 e. The number of aromatic nitrogens is 3. The van der Waals surface area contributed by atoms with Crippen LogP contribution < -0.4 is 0 Å². The summed E-state index contributed by atoms with van der Waals surface area (Å²) in [7, 11) is 4.47. The van der Waals surface area contributed by atoms with Crippen LogP contribution in [0.15, 0.2) is 18.3 Å². The average Bonchev–Trinajstić information content (AvgIpc) is 2.94. The Morgan fingerprint density at radius 2 is 2.00 bits per heavy atom. The zero-order valence-electron chi connectivity index (χ0n) is 14.3. The van der Waals surface area contributed by atoms with E-state index in [2.05, 4.69) is 39.5 Å². The molecule has 2 aliphatic heterocycles. The van der Waals surface area contributed by atoms with Gasteiger partial charge in [-0.15, -0.1) is 0 Å². The molecule has 5 nitrogen and oxygen atoms in total. The quantitative estimate of drug-likeness (QED) is 0.854. The molecule has 2 unspecified atom stereocenters. The van der Waals surface area contributed by atoms with E-state index in [1.54, 1.807) is 0 Å². The minimum Gasteiger partial charge on any atom is -0.307 e. The highest BCUT2D eigenvalue weighted by Crippen LogP contribution is 2.34. The number of pyridine rings is 1. The summed E-state index contributed by atoms with van der Waals surface area (Å²) in [6.07, 6.45) is 8.21. The number of hydrogen-bond donors (Lipinski definition) is 0. The van der Waals surface area contributed by atoms with Gasteiger partial charge in [0.15, 0.2) is 5.65 Å². The van der Waals surface area contributed by atoms with Crippen LogP contribution in [-0.4, -0.2) is 58.1 Å². The monoisotopic (exact) mass is 313 g/mol. The Morgan fingerprint density at radius 1 is 1.09 bits per heavy atom. The lowest BCUT2D eigenvalue weighted by Crippen LogP contribution is -2.37. The number of piperidine rings is 2. The Balaban J connectivity index is 1.81. The number of rotatable bonds is 2. The van der Waals surface area contributed by atoms with E-state index in [4.69, 9.17) is 4.98 Å². The molecule has 0 radical (unpaired) electrons. The predicted molar refractivity (Wildman–Crippen MR) is 92.5 cm³/mol. The molecule has 2 aliphatic rings. The summed E-state index contributed by atoms with van der Waals surface area (Å²) >= 11 is 0. The molecule has 5 heteroatoms. The molecule has 4 heterocycles. The van der Waals surface area contributed by atoms with Crippen molar-refractivity contribution in [2.24, 2.45) is 0 Å². The second-order valence-electron chi connectivity index (χ2n) is 7.24. The Morgan fingerprint density at radius 3 is 2.83 bits per heavy atom. The molecule has 2 fully saturated rings. The Labute approximate surface area is 138 Å². The number of imidazole rings is 1. The molecule has 23 heavy (non-hydrogen) atoms. The van der Waals surface area contributed by atoms with Crippen molar-refractivity contribution < 1.29 is 0 Å². The first kappa shape index (κ1) is 15.1. The van der Waals surface area contributed by atoms with Crippen LogP contribution >= 0.6 is 0 Å². The predicted octanol–water partition coefficient (Wildman–Crippen LogP) is 2.85. The minimum absolute atomic E-state index is 0.435. The van der Waals surface area contributed by atoms with Crippen LogP contribution in [0.3, 0.4) is 0 Å². The van der Waals surface area contributed by atoms with Gasteiger partial charge in [-0.2, -0.15) is 0 Å². The van der Waals surface area contributed by atoms with Gasteiger partial charge in [0, 0.05) is 18.8 Å². The van der Waals surface area contributed by atoms with Gasteiger partial charge in [-0.25, -0.2) is 9.97 Å². The lowest BCUT2D eigenvalue weighted by atomic mass is 10.0. The second-order valence-corrected chi connectivity index (χ2v) is 7.24. The van der Waals surface area contributed by atoms with E-state index in [1.165, 1.54) is 51.0 Å². The van der Waals surface area contributed by atoms with Crippen LogP contribution in [0, 0.1) is 0 Å². The van der Waals surface area contributed by atoms with E-state index in [9.17, 15) is 0 Å². The summed E-state index contributed by atoms with van der Waals surface area (Å²) in [6, 6.07) is 5.04. The van der Waals surface area contributed by atoms with Crippen molar-refractivity contribution >= 4 is 11.2 Å². The first-order valence-electron chi connectivity index (χ1n) is 8.95. The number of likely N-dealkylation sites (tertiary alicyclic amines) is 2. The first-order chi connectivity index (χ1) is 11.2. The first-order valence-corrected chi connectivity index (χ1v) is 8.95. The summed E-state index contributed by atoms with van der Waals surface area (Å²) < 4.78 is 2.47. The van der Waals surface area contributed by atoms with Crippen LogP contribution in [0.4, 0.5) is 0 Å². The third-order valence-corrected chi connectivity index (χ3v) is 5.51. The van der Waals surface area contributed by atoms with Crippen molar-refractivity contribution in [3.05, 3.63) is 24.2 Å². The number of hydrogen-bond acceptors (Lipinski definition) is 4. The molecule has 2 aromatic rings. The normalized spacial score (nSPS) is 27.6. The van der Waals surface area contributed by atoms with Gasteiger partial charge in [0.2, 0.25) is 0 Å². The van der Waals surface area contributed by atoms with Gasteiger partial charge in [-0.1, -0.05) is 6.42 Å². The number of likely N-dealkylation sites (N-methyl/N-ethyl adjacent to an activating group) is 1. The SMILES string of the molecule is CN1CCCC(n2c(C3CCCCN3C)nc3cccnc32)C1. The highest BCUT2D eigenvalue weighted by molar-refractivity contribution is 5.71. The Hall–Kier alpha value is -1.46. The van der Waals surface area contributed by atoms with Crippen molar-refractivity contribution in [1.82, 2.24) is 24.3 Å². The Kier molecular flexibility index (Phi) is 4.07. The van der Waals surface area contributed by atoms with Gasteiger partial charge < -0.3 is 9.47 Å². The molecule has 0 amide bonds. The molecular weight excluding hydrogens is 286 g/mol. The highest BCUT2D eigenvalue weighted by atomic mass is 15.3. The molecule has 0 bridgehead atoms. The van der Waals surface area contributed by atoms with E-state index in [-0.39, 0.29) is 0 Å². The van der Waals surface area contributed by atoms with Crippen LogP contribution in [0.2, 0.25) is 0 Å². The van der Waals surface area contributed by atoms with Crippen molar-refractivity contribution in [2.75, 3.05) is 33.7 Å². The fourth-order valence-electron chi connectivity index (χ4n) is 4.29. The summed E-state index contributed by atoms with van der Waals surface area (Å²) in [4.78, 5) is 14.6. The molecule has 0 aliphatic carbocycles. The van der Waals surface area contributed by atoms with E-state index in [0.717, 1.165) is 17.7 Å². The molecule has 0 saturated carbocycles. The standard InChI is InChI=1S/C18H27N5/c1-21-11-6-7-14(13-21)23-17-15(8-5-10-19-17)20-18(23)16-9-3-4-12-22(16)2/h5,8,10,14,16H,3-4,6-7,9,11-13H2,1-2H3. The summed E-state index contributed by atoms with van der Waals surface area (Å²) in [5, 5.41) is 0. The van der Waals surface area contributed by atoms with Gasteiger partial charge in [-0.3, -0.25) is 4.90 Å². The molecule has 0 spiro atoms. The van der Waals surface area contributed by atoms with E-state index in [1.807, 2.05) is 12.3 Å². The maximum absolute atomic E-state index is 5.03. The molecule has 4 rings (SSSR count). The maximum Gasteiger partial charge on any atom is 0.160 e. The van der Waals surface area contributed by atoms with Crippen molar-refractivity contribution in [2.45, 2.75) is 44.2 Å². The van der Waals surface area contributed by atoms with Crippen molar-refractivity contribution in [1.29, 1.82) is 0 Å². The van der Waals surface area contributed by atoms with E-state index in [0.29, 0.717) is 12.1 Å². The van der Waals surface area contributed by atoms with Gasteiger partial charge in [0.1, 0.15) is 11.3 Å². The summed E-state index contributed by atoms with van der Waals surface area (Å²) in [5.74, 6) is 1.24. The fraction of sp³-hybridized carbons (Fsp3) is 0.667. The van der Waals surface area contributed by atoms with Crippen LogP contribution in [0.25, 0.3) is 11.2 Å². The van der Waals surface area contributed by atoms with Crippen molar-refractivity contribution in [3.63, 3.8) is 0 Å². The third-order valence-electron chi connectivity index (χ3n) is 5.51. The molecular formula is C18H27N5. The zero-order valence-corrected chi connectivity index (χ0v) is 14.3. The molecule has 2 aromatic heterocycles. The summed E-state index contributed by atoms with van der Waals surface area (Å²) in [6.45, 7) is 3.48. The zero-order chi connectivity index (χ0) is 15.8. The number of nitrogens with zero attached hydrogens (tertiary/aromatic N) is 5. The lowest BCUT2D eigenvalue weighted by Gasteiger charge is -2.36. The highest BCUT2D eigenvalue weighted by Gasteiger charge is 2.30. The molecule has 0 N–H and O–H groups in total. The third kappa shape index (κ3) is 2.76. The molecule has 0 aromatic carbocycles. The molecule has 2 saturated heterocycles. The van der Waals surface area contributed by atoms with Crippen LogP contribution in [0.5, 0.6) is 0 Å². The van der Waals surface area contributed by atoms with Gasteiger partial charge in [0.25, 0.3) is 0 Å². The van der Waals surface area contributed by atoms with Gasteiger partial charge in [-0.05, 0) is 65.0 Å². The molecule has 2 atom stereocenters. The fourth-order valence-corrected chi connectivity index (χ4v) is 4.29. The molecule has 124 valence electrons. The van der Waals surface area contributed by atoms with Crippen molar-refractivity contribution in [3.8, 4) is 0 Å². The average molecular weight is 313 g/mol. The van der Waals surface area contributed by atoms with Gasteiger partial charge >= 0.3 is 0 Å². The largest absolute Gasteiger partial charge is 0.307 e. The van der Waals surface area contributed by atoms with Crippen LogP contribution in [-0.2, 0) is 0 Å². The topological polar surface area (TPSA) is 37.2 Å². The van der Waals surface area contributed by atoms with Gasteiger partial charge in [0.05, 0.1) is 6.04 Å². The van der Waals surface area contributed by atoms with E-state index >= 15 is 0 Å². The van der Waals surface area contributed by atoms with Crippen LogP contribution in [0.1, 0.15) is 50.0 Å².